The van der Waals surface area contributed by atoms with E-state index in [1.54, 1.807) is 32.9 Å². The number of carbonyl (C=O) groups excluding carboxylic acids is 2. The lowest BCUT2D eigenvalue weighted by Gasteiger charge is -2.35. The van der Waals surface area contributed by atoms with E-state index in [0.717, 1.165) is 28.5 Å². The number of pyridine rings is 1. The van der Waals surface area contributed by atoms with Crippen LogP contribution in [0.15, 0.2) is 67.1 Å². The first-order chi connectivity index (χ1) is 24.9. The summed E-state index contributed by atoms with van der Waals surface area (Å²) in [6.07, 6.45) is 10.1. The van der Waals surface area contributed by atoms with Gasteiger partial charge in [-0.2, -0.15) is 0 Å². The number of rotatable bonds is 8. The minimum Gasteiger partial charge on any atom is -0.493 e. The number of H-pyrrole nitrogens is 1. The zero-order valence-corrected chi connectivity index (χ0v) is 28.1. The summed E-state index contributed by atoms with van der Waals surface area (Å²) in [6, 6.07) is 13.1. The number of carbonyl (C=O) groups is 2. The van der Waals surface area contributed by atoms with E-state index in [2.05, 4.69) is 38.5 Å². The minimum atomic E-state index is -0.486. The van der Waals surface area contributed by atoms with Crippen LogP contribution in [0.4, 0.5) is 14.6 Å². The van der Waals surface area contributed by atoms with E-state index >= 15 is 4.39 Å². The van der Waals surface area contributed by atoms with Crippen LogP contribution in [0.2, 0.25) is 0 Å². The Morgan fingerprint density at radius 2 is 1.82 bits per heavy atom. The van der Waals surface area contributed by atoms with Gasteiger partial charge < -0.3 is 24.4 Å². The molecule has 3 aromatic heterocycles. The van der Waals surface area contributed by atoms with Gasteiger partial charge in [0.05, 0.1) is 31.6 Å². The third kappa shape index (κ3) is 6.24. The first-order valence-corrected chi connectivity index (χ1v) is 17.1. The number of hydrogen-bond acceptors (Lipinski definition) is 7. The molecule has 5 heterocycles. The van der Waals surface area contributed by atoms with Gasteiger partial charge in [0.2, 0.25) is 5.91 Å². The van der Waals surface area contributed by atoms with Gasteiger partial charge in [0.1, 0.15) is 11.5 Å². The molecule has 1 aliphatic carbocycles. The number of aromatic nitrogens is 5. The maximum Gasteiger partial charge on any atom is 0.270 e. The van der Waals surface area contributed by atoms with Crippen LogP contribution in [0.3, 0.4) is 0 Å². The summed E-state index contributed by atoms with van der Waals surface area (Å²) in [5, 5.41) is 8.38. The first kappa shape index (κ1) is 32.4. The van der Waals surface area contributed by atoms with Crippen molar-refractivity contribution in [3.05, 3.63) is 107 Å². The van der Waals surface area contributed by atoms with Crippen LogP contribution in [0.5, 0.6) is 5.75 Å². The number of amides is 2. The standard InChI is InChI=1S/C38H36F2N8O3/c1-51-33-19-28(39)22-41-37(33)45-13-15-46(16-14-45)38(50)32-21-31-29(27-17-24-5-2-3-6-25(24)18-27)20-30(35(40)36(31)43-32)26-7-4-10-47(23-26)34(49)8-11-48-12-9-42-44-48/h2-3,5-7,9,12,17,19-22,43H,4,8,10-11,13-16,18,23H2,1H3. The smallest absolute Gasteiger partial charge is 0.270 e. The van der Waals surface area contributed by atoms with Crippen molar-refractivity contribution in [2.75, 3.05) is 51.3 Å². The quantitative estimate of drug-likeness (QED) is 0.238. The number of halogens is 2. The second-order valence-electron chi connectivity index (χ2n) is 13.0. The molecule has 0 bridgehead atoms. The van der Waals surface area contributed by atoms with Gasteiger partial charge in [0.25, 0.3) is 5.91 Å². The molecule has 0 radical (unpaired) electrons. The predicted octanol–water partition coefficient (Wildman–Crippen LogP) is 5.21. The number of aryl methyl sites for hydroxylation is 1. The molecule has 2 amide bonds. The van der Waals surface area contributed by atoms with E-state index < -0.39 is 11.6 Å². The van der Waals surface area contributed by atoms with Crippen molar-refractivity contribution >= 4 is 45.8 Å². The summed E-state index contributed by atoms with van der Waals surface area (Å²) >= 11 is 0. The van der Waals surface area contributed by atoms with Crippen molar-refractivity contribution in [3.8, 4) is 5.75 Å². The Morgan fingerprint density at radius 3 is 2.61 bits per heavy atom. The van der Waals surface area contributed by atoms with E-state index in [0.29, 0.717) is 80.3 Å². The van der Waals surface area contributed by atoms with E-state index in [9.17, 15) is 14.0 Å². The molecule has 1 N–H and O–H groups in total. The summed E-state index contributed by atoms with van der Waals surface area (Å²) in [5.74, 6) is -0.351. The molecule has 5 aromatic rings. The predicted molar refractivity (Wildman–Crippen MR) is 189 cm³/mol. The Hall–Kier alpha value is -5.85. The molecule has 0 atom stereocenters. The molecule has 51 heavy (non-hydrogen) atoms. The molecule has 0 spiro atoms. The highest BCUT2D eigenvalue weighted by Gasteiger charge is 2.29. The molecule has 1 saturated heterocycles. The van der Waals surface area contributed by atoms with Crippen molar-refractivity contribution in [1.82, 2.24) is 34.8 Å². The second-order valence-corrected chi connectivity index (χ2v) is 13.0. The Morgan fingerprint density at radius 1 is 0.980 bits per heavy atom. The number of fused-ring (bicyclic) bond motifs is 2. The lowest BCUT2D eigenvalue weighted by Crippen LogP contribution is -2.49. The molecule has 3 aliphatic rings. The van der Waals surface area contributed by atoms with Gasteiger partial charge in [-0.1, -0.05) is 41.6 Å². The lowest BCUT2D eigenvalue weighted by molar-refractivity contribution is -0.131. The van der Waals surface area contributed by atoms with Crippen LogP contribution in [-0.2, 0) is 17.8 Å². The lowest BCUT2D eigenvalue weighted by atomic mass is 9.92. The summed E-state index contributed by atoms with van der Waals surface area (Å²) in [6.45, 7) is 2.97. The molecule has 1 fully saturated rings. The minimum absolute atomic E-state index is 0.0340. The molecule has 2 aromatic carbocycles. The first-order valence-electron chi connectivity index (χ1n) is 17.1. The average molecular weight is 691 g/mol. The summed E-state index contributed by atoms with van der Waals surface area (Å²) in [7, 11) is 1.47. The number of benzene rings is 2. The maximum absolute atomic E-state index is 16.7. The average Bonchev–Trinajstić information content (AvgIpc) is 3.95. The van der Waals surface area contributed by atoms with Gasteiger partial charge in [-0.3, -0.25) is 14.3 Å². The van der Waals surface area contributed by atoms with Gasteiger partial charge in [0, 0.05) is 68.9 Å². The fourth-order valence-electron chi connectivity index (χ4n) is 7.29. The SMILES string of the molecule is COc1cc(F)cnc1N1CCN(C(=O)c2cc3c(C4=Cc5ccccc5C4)cc(C4=CCCN(C(=O)CCn5ccnn5)C4)c(F)c3[nH]2)CC1. The summed E-state index contributed by atoms with van der Waals surface area (Å²) in [4.78, 5) is 40.0. The molecular formula is C38H36F2N8O3. The van der Waals surface area contributed by atoms with Crippen molar-refractivity contribution in [2.24, 2.45) is 0 Å². The normalized spacial score (nSPS) is 15.9. The molecule has 0 saturated carbocycles. The molecule has 11 nitrogen and oxygen atoms in total. The maximum atomic E-state index is 16.7. The molecule has 2 aliphatic heterocycles. The fraction of sp³-hybridized carbons (Fsp3) is 0.289. The van der Waals surface area contributed by atoms with E-state index in [1.165, 1.54) is 18.7 Å². The molecule has 0 unspecified atom stereocenters. The Balaban J connectivity index is 1.08. The van der Waals surface area contributed by atoms with Crippen molar-refractivity contribution in [3.63, 3.8) is 0 Å². The van der Waals surface area contributed by atoms with Gasteiger partial charge in [-0.05, 0) is 52.8 Å². The van der Waals surface area contributed by atoms with Gasteiger partial charge in [0.15, 0.2) is 17.4 Å². The van der Waals surface area contributed by atoms with Crippen molar-refractivity contribution in [2.45, 2.75) is 25.8 Å². The Bertz CT molecular complexity index is 2200. The number of hydrogen-bond donors (Lipinski definition) is 1. The number of ether oxygens (including phenoxy) is 1. The van der Waals surface area contributed by atoms with Crippen molar-refractivity contribution in [1.29, 1.82) is 0 Å². The van der Waals surface area contributed by atoms with E-state index in [-0.39, 0.29) is 30.3 Å². The van der Waals surface area contributed by atoms with E-state index in [4.69, 9.17) is 4.74 Å². The van der Waals surface area contributed by atoms with Gasteiger partial charge in [-0.15, -0.1) is 5.10 Å². The summed E-state index contributed by atoms with van der Waals surface area (Å²) < 4.78 is 37.4. The molecule has 8 rings (SSSR count). The number of nitrogens with one attached hydrogen (secondary N) is 1. The van der Waals surface area contributed by atoms with Crippen LogP contribution in [-0.4, -0.2) is 93.0 Å². The summed E-state index contributed by atoms with van der Waals surface area (Å²) in [5.41, 5.74) is 5.89. The third-order valence-electron chi connectivity index (χ3n) is 9.96. The zero-order valence-electron chi connectivity index (χ0n) is 28.1. The zero-order chi connectivity index (χ0) is 35.1. The van der Waals surface area contributed by atoms with Gasteiger partial charge in [-0.25, -0.2) is 13.8 Å². The number of aromatic amines is 1. The molecule has 13 heteroatoms. The Labute approximate surface area is 292 Å². The third-order valence-corrected chi connectivity index (χ3v) is 9.96. The molecule has 260 valence electrons. The highest BCUT2D eigenvalue weighted by Crippen LogP contribution is 2.39. The van der Waals surface area contributed by atoms with Crippen LogP contribution < -0.4 is 9.64 Å². The number of allylic oxidation sites excluding steroid dienone is 1. The highest BCUT2D eigenvalue weighted by molar-refractivity contribution is 6.05. The Kier molecular flexibility index (Phi) is 8.54. The molecular weight excluding hydrogens is 654 g/mol. The van der Waals surface area contributed by atoms with E-state index in [1.807, 2.05) is 29.2 Å². The highest BCUT2D eigenvalue weighted by atomic mass is 19.1. The van der Waals surface area contributed by atoms with Crippen LogP contribution in [0.1, 0.15) is 45.6 Å². The van der Waals surface area contributed by atoms with Crippen molar-refractivity contribution < 1.29 is 23.1 Å². The monoisotopic (exact) mass is 690 g/mol. The van der Waals surface area contributed by atoms with Crippen LogP contribution >= 0.6 is 0 Å². The largest absolute Gasteiger partial charge is 0.493 e. The van der Waals surface area contributed by atoms with Crippen LogP contribution in [0.25, 0.3) is 28.1 Å². The van der Waals surface area contributed by atoms with Crippen LogP contribution in [0, 0.1) is 11.6 Å². The fourth-order valence-corrected chi connectivity index (χ4v) is 7.29. The van der Waals surface area contributed by atoms with Gasteiger partial charge >= 0.3 is 0 Å². The number of methoxy groups -OCH3 is 1. The second kappa shape index (κ2) is 13.5. The number of piperazine rings is 1. The number of anilines is 1. The number of nitrogens with zero attached hydrogens (tertiary/aromatic N) is 7. The topological polar surface area (TPSA) is 112 Å².